The zero-order valence-electron chi connectivity index (χ0n) is 13.9. The summed E-state index contributed by atoms with van der Waals surface area (Å²) in [4.78, 5) is 24.1. The molecule has 1 aromatic carbocycles. The van der Waals surface area contributed by atoms with Crippen molar-refractivity contribution in [2.24, 2.45) is 11.3 Å². The lowest BCUT2D eigenvalue weighted by atomic mass is 9.80. The highest BCUT2D eigenvalue weighted by atomic mass is 16.5. The molecule has 0 amide bonds. The average molecular weight is 306 g/mol. The highest BCUT2D eigenvalue weighted by Crippen LogP contribution is 2.32. The van der Waals surface area contributed by atoms with Crippen LogP contribution in [0.15, 0.2) is 30.3 Å². The quantitative estimate of drug-likeness (QED) is 0.687. The van der Waals surface area contributed by atoms with E-state index >= 15 is 0 Å². The van der Waals surface area contributed by atoms with Gasteiger partial charge in [0, 0.05) is 0 Å². The Bertz CT molecular complexity index is 481. The summed E-state index contributed by atoms with van der Waals surface area (Å²) in [6.07, 6.45) is 1.51. The van der Waals surface area contributed by atoms with Gasteiger partial charge in [0.2, 0.25) is 0 Å². The van der Waals surface area contributed by atoms with Crippen LogP contribution in [0.5, 0.6) is 0 Å². The van der Waals surface area contributed by atoms with Crippen molar-refractivity contribution in [2.45, 2.75) is 46.6 Å². The van der Waals surface area contributed by atoms with Crippen molar-refractivity contribution in [1.82, 2.24) is 0 Å². The summed E-state index contributed by atoms with van der Waals surface area (Å²) < 4.78 is 10.1. The molecule has 1 unspecified atom stereocenters. The SMILES string of the molecule is COC(=O)CC(C)(CCC(C)C)C(=O)OCc1ccccc1. The van der Waals surface area contributed by atoms with E-state index in [1.807, 2.05) is 30.3 Å². The van der Waals surface area contributed by atoms with Gasteiger partial charge in [-0.2, -0.15) is 0 Å². The van der Waals surface area contributed by atoms with Gasteiger partial charge in [-0.05, 0) is 31.2 Å². The van der Waals surface area contributed by atoms with E-state index in [2.05, 4.69) is 13.8 Å². The van der Waals surface area contributed by atoms with Crippen molar-refractivity contribution in [2.75, 3.05) is 7.11 Å². The van der Waals surface area contributed by atoms with E-state index < -0.39 is 5.41 Å². The smallest absolute Gasteiger partial charge is 0.312 e. The Morgan fingerprint density at radius 2 is 1.82 bits per heavy atom. The van der Waals surface area contributed by atoms with Crippen LogP contribution in [0.4, 0.5) is 0 Å². The normalized spacial score (nSPS) is 13.5. The lowest BCUT2D eigenvalue weighted by molar-refractivity contribution is -0.162. The van der Waals surface area contributed by atoms with Gasteiger partial charge in [-0.25, -0.2) is 0 Å². The molecule has 4 heteroatoms. The molecule has 22 heavy (non-hydrogen) atoms. The van der Waals surface area contributed by atoms with Gasteiger partial charge in [0.15, 0.2) is 0 Å². The van der Waals surface area contributed by atoms with E-state index in [9.17, 15) is 9.59 Å². The average Bonchev–Trinajstić information content (AvgIpc) is 2.51. The first-order valence-electron chi connectivity index (χ1n) is 7.65. The zero-order chi connectivity index (χ0) is 16.6. The molecule has 0 aliphatic carbocycles. The van der Waals surface area contributed by atoms with Gasteiger partial charge in [0.25, 0.3) is 0 Å². The molecule has 0 bridgehead atoms. The second-order valence-corrected chi connectivity index (χ2v) is 6.31. The standard InChI is InChI=1S/C18H26O4/c1-14(2)10-11-18(3,12-16(19)21-4)17(20)22-13-15-8-6-5-7-9-15/h5-9,14H,10-13H2,1-4H3. The van der Waals surface area contributed by atoms with Crippen molar-refractivity contribution in [3.8, 4) is 0 Å². The number of carbonyl (C=O) groups excluding carboxylic acids is 2. The van der Waals surface area contributed by atoms with Gasteiger partial charge in [-0.3, -0.25) is 9.59 Å². The Kier molecular flexibility index (Phi) is 7.09. The monoisotopic (exact) mass is 306 g/mol. The Labute approximate surface area is 132 Å². The third kappa shape index (κ3) is 5.88. The fraction of sp³-hybridized carbons (Fsp3) is 0.556. The molecule has 1 rings (SSSR count). The predicted octanol–water partition coefficient (Wildman–Crippen LogP) is 3.74. The van der Waals surface area contributed by atoms with E-state index in [-0.39, 0.29) is 25.0 Å². The fourth-order valence-corrected chi connectivity index (χ4v) is 2.16. The molecule has 0 aromatic heterocycles. The Hall–Kier alpha value is -1.84. The third-order valence-corrected chi connectivity index (χ3v) is 3.74. The van der Waals surface area contributed by atoms with Gasteiger partial charge in [-0.15, -0.1) is 0 Å². The third-order valence-electron chi connectivity index (χ3n) is 3.74. The molecule has 0 spiro atoms. The summed E-state index contributed by atoms with van der Waals surface area (Å²) in [7, 11) is 1.33. The molecule has 1 aromatic rings. The Morgan fingerprint density at radius 3 is 2.36 bits per heavy atom. The maximum Gasteiger partial charge on any atom is 0.312 e. The summed E-state index contributed by atoms with van der Waals surface area (Å²) in [5.74, 6) is -0.274. The molecule has 0 saturated heterocycles. The highest BCUT2D eigenvalue weighted by molar-refractivity contribution is 5.83. The van der Waals surface area contributed by atoms with Crippen molar-refractivity contribution in [3.63, 3.8) is 0 Å². The molecule has 0 heterocycles. The van der Waals surface area contributed by atoms with E-state index in [0.717, 1.165) is 12.0 Å². The lowest BCUT2D eigenvalue weighted by Crippen LogP contribution is -2.33. The molecule has 4 nitrogen and oxygen atoms in total. The number of hydrogen-bond acceptors (Lipinski definition) is 4. The summed E-state index contributed by atoms with van der Waals surface area (Å²) in [6.45, 7) is 6.18. The lowest BCUT2D eigenvalue weighted by Gasteiger charge is -2.27. The van der Waals surface area contributed by atoms with E-state index in [4.69, 9.17) is 9.47 Å². The minimum Gasteiger partial charge on any atom is -0.469 e. The minimum absolute atomic E-state index is 0.0455. The number of ether oxygens (including phenoxy) is 2. The summed E-state index contributed by atoms with van der Waals surface area (Å²) >= 11 is 0. The van der Waals surface area contributed by atoms with Crippen LogP contribution in [0.1, 0.15) is 45.6 Å². The van der Waals surface area contributed by atoms with Gasteiger partial charge >= 0.3 is 11.9 Å². The van der Waals surface area contributed by atoms with E-state index in [1.54, 1.807) is 6.92 Å². The molecular formula is C18H26O4. The van der Waals surface area contributed by atoms with Crippen LogP contribution in [0.3, 0.4) is 0 Å². The van der Waals surface area contributed by atoms with Crippen LogP contribution >= 0.6 is 0 Å². The second kappa shape index (κ2) is 8.57. The Morgan fingerprint density at radius 1 is 1.18 bits per heavy atom. The predicted molar refractivity (Wildman–Crippen MR) is 85.1 cm³/mol. The number of hydrogen-bond donors (Lipinski definition) is 0. The largest absolute Gasteiger partial charge is 0.469 e. The maximum absolute atomic E-state index is 12.5. The van der Waals surface area contributed by atoms with Crippen LogP contribution in [0.25, 0.3) is 0 Å². The molecule has 1 atom stereocenters. The topological polar surface area (TPSA) is 52.6 Å². The van der Waals surface area contributed by atoms with Crippen LogP contribution in [-0.2, 0) is 25.7 Å². The number of rotatable bonds is 8. The van der Waals surface area contributed by atoms with Crippen molar-refractivity contribution >= 4 is 11.9 Å². The molecule has 0 aliphatic rings. The van der Waals surface area contributed by atoms with Crippen molar-refractivity contribution in [1.29, 1.82) is 0 Å². The highest BCUT2D eigenvalue weighted by Gasteiger charge is 2.37. The zero-order valence-corrected chi connectivity index (χ0v) is 13.9. The van der Waals surface area contributed by atoms with E-state index in [0.29, 0.717) is 12.3 Å². The first kappa shape index (κ1) is 18.2. The first-order valence-corrected chi connectivity index (χ1v) is 7.65. The van der Waals surface area contributed by atoms with Crippen LogP contribution in [0.2, 0.25) is 0 Å². The summed E-state index contributed by atoms with van der Waals surface area (Å²) in [5, 5.41) is 0. The van der Waals surface area contributed by atoms with Gasteiger partial charge in [-0.1, -0.05) is 44.2 Å². The molecule has 0 fully saturated rings. The number of carbonyl (C=O) groups is 2. The van der Waals surface area contributed by atoms with Crippen molar-refractivity contribution in [3.05, 3.63) is 35.9 Å². The number of benzene rings is 1. The second-order valence-electron chi connectivity index (χ2n) is 6.31. The van der Waals surface area contributed by atoms with E-state index in [1.165, 1.54) is 7.11 Å². The molecule has 122 valence electrons. The summed E-state index contributed by atoms with van der Waals surface area (Å²) in [5.41, 5.74) is 0.0895. The Balaban J connectivity index is 2.71. The number of esters is 2. The first-order chi connectivity index (χ1) is 10.4. The molecule has 0 N–H and O–H groups in total. The maximum atomic E-state index is 12.5. The van der Waals surface area contributed by atoms with Crippen LogP contribution in [-0.4, -0.2) is 19.0 Å². The molecule has 0 aliphatic heterocycles. The molecule has 0 saturated carbocycles. The van der Waals surface area contributed by atoms with Gasteiger partial charge in [0.05, 0.1) is 18.9 Å². The molecular weight excluding hydrogens is 280 g/mol. The number of methoxy groups -OCH3 is 1. The minimum atomic E-state index is -0.841. The molecule has 0 radical (unpaired) electrons. The van der Waals surface area contributed by atoms with Crippen molar-refractivity contribution < 1.29 is 19.1 Å². The van der Waals surface area contributed by atoms with Gasteiger partial charge in [0.1, 0.15) is 6.61 Å². The summed E-state index contributed by atoms with van der Waals surface area (Å²) in [6, 6.07) is 9.51. The fourth-order valence-electron chi connectivity index (χ4n) is 2.16. The van der Waals surface area contributed by atoms with Crippen LogP contribution in [0, 0.1) is 11.3 Å². The van der Waals surface area contributed by atoms with Gasteiger partial charge < -0.3 is 9.47 Å². The van der Waals surface area contributed by atoms with Crippen LogP contribution < -0.4 is 0 Å².